The maximum absolute atomic E-state index is 14.7. The monoisotopic (exact) mass is 745 g/mol. The van der Waals surface area contributed by atoms with Gasteiger partial charge < -0.3 is 24.5 Å². The number of likely N-dealkylation sites (tertiary alicyclic amines) is 1. The van der Waals surface area contributed by atoms with Crippen LogP contribution < -0.4 is 10.1 Å². The number of methoxy groups -OCH3 is 1. The van der Waals surface area contributed by atoms with Crippen molar-refractivity contribution in [1.82, 2.24) is 24.8 Å². The van der Waals surface area contributed by atoms with Crippen LogP contribution in [0.4, 0.5) is 22.0 Å². The van der Waals surface area contributed by atoms with Gasteiger partial charge in [-0.3, -0.25) is 9.69 Å². The average molecular weight is 746 g/mol. The van der Waals surface area contributed by atoms with E-state index in [-0.39, 0.29) is 48.9 Å². The van der Waals surface area contributed by atoms with Crippen LogP contribution in [0.3, 0.4) is 0 Å². The summed E-state index contributed by atoms with van der Waals surface area (Å²) in [6, 6.07) is 5.17. The van der Waals surface area contributed by atoms with Gasteiger partial charge in [0.1, 0.15) is 11.3 Å². The number of hydrogen-bond donors (Lipinski definition) is 2. The predicted molar refractivity (Wildman–Crippen MR) is 183 cm³/mol. The molecule has 2 aromatic heterocycles. The Kier molecular flexibility index (Phi) is 8.98. The van der Waals surface area contributed by atoms with Crippen molar-refractivity contribution >= 4 is 22.8 Å². The van der Waals surface area contributed by atoms with Crippen molar-refractivity contribution in [2.24, 2.45) is 23.7 Å². The smallest absolute Gasteiger partial charge is 0.434 e. The van der Waals surface area contributed by atoms with Gasteiger partial charge in [-0.05, 0) is 101 Å². The second kappa shape index (κ2) is 13.2. The maximum Gasteiger partial charge on any atom is 0.434 e. The number of carbonyl (C=O) groups is 2. The molecule has 6 fully saturated rings. The normalized spacial score (nSPS) is 31.3. The number of aliphatic carboxylic acids is 1. The topological polar surface area (TPSA) is 119 Å². The summed E-state index contributed by atoms with van der Waals surface area (Å²) in [5.41, 5.74) is -2.93. The number of amides is 1. The number of carboxylic acids is 1. The molecule has 4 bridgehead atoms. The molecule has 0 unspecified atom stereocenters. The number of fused-ring (bicyclic) bond motifs is 1. The van der Waals surface area contributed by atoms with Gasteiger partial charge in [-0.1, -0.05) is 0 Å². The van der Waals surface area contributed by atoms with Gasteiger partial charge in [0.25, 0.3) is 11.8 Å². The Morgan fingerprint density at radius 2 is 1.70 bits per heavy atom. The molecule has 1 saturated heterocycles. The molecule has 2 N–H and O–H groups in total. The Bertz CT molecular complexity index is 1870. The Hall–Kier alpha value is -3.85. The summed E-state index contributed by atoms with van der Waals surface area (Å²) < 4.78 is 84.5. The molecule has 5 aliphatic carbocycles. The number of halogens is 5. The third kappa shape index (κ3) is 6.44. The van der Waals surface area contributed by atoms with E-state index in [2.05, 4.69) is 15.3 Å². The quantitative estimate of drug-likeness (QED) is 0.214. The lowest BCUT2D eigenvalue weighted by Gasteiger charge is -2.59. The second-order valence-electron chi connectivity index (χ2n) is 16.1. The van der Waals surface area contributed by atoms with Gasteiger partial charge in [0.05, 0.1) is 42.9 Å². The highest BCUT2D eigenvalue weighted by Gasteiger charge is 2.62. The molecular weight excluding hydrogens is 701 g/mol. The van der Waals surface area contributed by atoms with Crippen LogP contribution in [-0.2, 0) is 15.7 Å². The summed E-state index contributed by atoms with van der Waals surface area (Å²) >= 11 is 0. The first-order valence-electron chi connectivity index (χ1n) is 18.6. The van der Waals surface area contributed by atoms with E-state index in [0.29, 0.717) is 79.2 Å². The number of benzene rings is 1. The van der Waals surface area contributed by atoms with Crippen LogP contribution in [0.1, 0.15) is 86.8 Å². The van der Waals surface area contributed by atoms with Gasteiger partial charge in [0, 0.05) is 42.6 Å². The number of hydrogen-bond acceptors (Lipinski definition) is 7. The number of carboxylic acid groups (broad SMARTS) is 1. The van der Waals surface area contributed by atoms with Gasteiger partial charge in [-0.25, -0.2) is 23.5 Å². The minimum absolute atomic E-state index is 0.111. The molecule has 5 saturated carbocycles. The Balaban J connectivity index is 1.07. The first kappa shape index (κ1) is 36.1. The lowest BCUT2D eigenvalue weighted by Crippen LogP contribution is -2.70. The molecule has 3 aromatic rings. The number of carbonyl (C=O) groups excluding carboxylic acids is 1. The van der Waals surface area contributed by atoms with E-state index in [1.807, 2.05) is 22.5 Å². The van der Waals surface area contributed by atoms with Crippen molar-refractivity contribution in [3.63, 3.8) is 0 Å². The van der Waals surface area contributed by atoms with Crippen LogP contribution in [0, 0.1) is 23.7 Å². The minimum atomic E-state index is -5.04. The van der Waals surface area contributed by atoms with Crippen LogP contribution in [0.25, 0.3) is 22.3 Å². The average Bonchev–Trinajstić information content (AvgIpc) is 3.47. The van der Waals surface area contributed by atoms with Crippen LogP contribution in [0.5, 0.6) is 5.75 Å². The van der Waals surface area contributed by atoms with E-state index in [1.165, 1.54) is 0 Å². The number of rotatable bonds is 10. The van der Waals surface area contributed by atoms with Crippen molar-refractivity contribution < 1.29 is 46.1 Å². The largest absolute Gasteiger partial charge is 0.490 e. The highest BCUT2D eigenvalue weighted by atomic mass is 19.4. The highest BCUT2D eigenvalue weighted by molar-refractivity contribution is 6.00. The van der Waals surface area contributed by atoms with Gasteiger partial charge in [0.2, 0.25) is 0 Å². The van der Waals surface area contributed by atoms with Gasteiger partial charge >= 0.3 is 12.1 Å². The molecule has 53 heavy (non-hydrogen) atoms. The molecule has 1 amide bonds. The first-order valence-corrected chi connectivity index (χ1v) is 18.6. The summed E-state index contributed by atoms with van der Waals surface area (Å²) in [6.45, 7) is 1.81. The fraction of sp³-hybridized carbons (Fsp3) is 0.632. The summed E-state index contributed by atoms with van der Waals surface area (Å²) in [5.74, 6) is -4.58. The zero-order valence-corrected chi connectivity index (χ0v) is 29.7. The zero-order valence-electron chi connectivity index (χ0n) is 29.7. The third-order valence-electron chi connectivity index (χ3n) is 12.7. The summed E-state index contributed by atoms with van der Waals surface area (Å²) in [6.07, 6.45) is 3.83. The standard InChI is InChI=1S/C38H44F5N5O5/c1-20(17-52-2)48-16-30(28-8-7-27(14-31(28)48)53-26-5-3-25(4-6-26)47-18-36(39,40)19-47)33-44-15-29(32(45-33)38(41,42)43)34(49)46-37(35(50)51)23-10-21-9-22(12-23)13-24(37)11-21/h7-8,14-16,20-26H,3-6,9-13,17-19H2,1-2H3,(H,46,49)(H,50,51)/t20-,21?,22?,23?,24?,25-,26-,37?/m0/s1. The van der Waals surface area contributed by atoms with Gasteiger partial charge in [-0.15, -0.1) is 0 Å². The minimum Gasteiger partial charge on any atom is -0.490 e. The molecule has 1 atom stereocenters. The molecule has 9 rings (SSSR count). The predicted octanol–water partition coefficient (Wildman–Crippen LogP) is 6.97. The fourth-order valence-corrected chi connectivity index (χ4v) is 10.4. The molecule has 6 aliphatic rings. The molecule has 15 heteroatoms. The molecule has 286 valence electrons. The van der Waals surface area contributed by atoms with Crippen molar-refractivity contribution in [1.29, 1.82) is 0 Å². The number of nitrogens with one attached hydrogen (secondary N) is 1. The SMILES string of the molecule is COC[C@H](C)n1cc(-c2ncc(C(=O)NC3(C(=O)O)C4CC5CC(C4)CC3C5)c(C(F)(F)F)n2)c2ccc(O[C@H]3CC[C@H](N4CC(F)(F)C4)CC3)cc21. The first-order chi connectivity index (χ1) is 25.1. The number of alkyl halides is 5. The number of aromatic nitrogens is 3. The van der Waals surface area contributed by atoms with E-state index in [0.717, 1.165) is 25.5 Å². The third-order valence-corrected chi connectivity index (χ3v) is 12.7. The Morgan fingerprint density at radius 1 is 1.04 bits per heavy atom. The maximum atomic E-state index is 14.7. The van der Waals surface area contributed by atoms with E-state index in [9.17, 15) is 36.6 Å². The Morgan fingerprint density at radius 3 is 2.28 bits per heavy atom. The lowest BCUT2D eigenvalue weighted by molar-refractivity contribution is -0.163. The molecule has 3 heterocycles. The van der Waals surface area contributed by atoms with E-state index in [1.54, 1.807) is 25.4 Å². The number of nitrogens with zero attached hydrogens (tertiary/aromatic N) is 4. The highest BCUT2D eigenvalue weighted by Crippen LogP contribution is 2.58. The van der Waals surface area contributed by atoms with E-state index < -0.39 is 40.8 Å². The van der Waals surface area contributed by atoms with Crippen LogP contribution in [-0.4, -0.2) is 86.8 Å². The van der Waals surface area contributed by atoms with Gasteiger partial charge in [-0.2, -0.15) is 13.2 Å². The fourth-order valence-electron chi connectivity index (χ4n) is 10.4. The zero-order chi connectivity index (χ0) is 37.4. The molecule has 0 radical (unpaired) electrons. The van der Waals surface area contributed by atoms with Crippen molar-refractivity contribution in [2.45, 2.75) is 101 Å². The number of ether oxygens (including phenoxy) is 2. The molecule has 10 nitrogen and oxygen atoms in total. The van der Waals surface area contributed by atoms with E-state index >= 15 is 0 Å². The van der Waals surface area contributed by atoms with Crippen molar-refractivity contribution in [2.75, 3.05) is 26.8 Å². The summed E-state index contributed by atoms with van der Waals surface area (Å²) in [7, 11) is 1.55. The van der Waals surface area contributed by atoms with Crippen LogP contribution in [0.15, 0.2) is 30.6 Å². The van der Waals surface area contributed by atoms with E-state index in [4.69, 9.17) is 9.47 Å². The molecular formula is C38H44F5N5O5. The second-order valence-corrected chi connectivity index (χ2v) is 16.1. The van der Waals surface area contributed by atoms with Crippen molar-refractivity contribution in [3.05, 3.63) is 41.9 Å². The summed E-state index contributed by atoms with van der Waals surface area (Å²) in [4.78, 5) is 36.6. The Labute approximate surface area is 303 Å². The van der Waals surface area contributed by atoms with Gasteiger partial charge in [0.15, 0.2) is 11.5 Å². The summed E-state index contributed by atoms with van der Waals surface area (Å²) in [5, 5.41) is 13.6. The van der Waals surface area contributed by atoms with Crippen molar-refractivity contribution in [3.8, 4) is 17.1 Å². The molecule has 0 spiro atoms. The molecule has 1 aliphatic heterocycles. The van der Waals surface area contributed by atoms with Crippen LogP contribution >= 0.6 is 0 Å². The van der Waals surface area contributed by atoms with Crippen LogP contribution in [0.2, 0.25) is 0 Å². The molecule has 1 aromatic carbocycles. The lowest BCUT2D eigenvalue weighted by atomic mass is 9.48.